The van der Waals surface area contributed by atoms with Crippen LogP contribution in [0.5, 0.6) is 0 Å². The third-order valence-electron chi connectivity index (χ3n) is 2.36. The lowest BCUT2D eigenvalue weighted by Gasteiger charge is -2.28. The van der Waals surface area contributed by atoms with Crippen LogP contribution in [0.1, 0.15) is 32.1 Å². The van der Waals surface area contributed by atoms with Crippen LogP contribution in [0, 0.1) is 10.3 Å². The molecule has 1 aliphatic rings. The Morgan fingerprint density at radius 1 is 1.33 bits per heavy atom. The largest absolute Gasteiger partial charge is 0.385 e. The predicted octanol–water partition coefficient (Wildman–Crippen LogP) is 1.81. The second-order valence-electron chi connectivity index (χ2n) is 3.10. The standard InChI is InChI=1S/C7H13N3O.ClH/c8-6(9)7(10-11)4-2-1-3-5-7;/h1-5H2,(H3,8,9);1H. The second kappa shape index (κ2) is 4.40. The predicted molar refractivity (Wildman–Crippen MR) is 50.8 cm³/mol. The van der Waals surface area contributed by atoms with Crippen molar-refractivity contribution in [2.24, 2.45) is 10.9 Å². The lowest BCUT2D eigenvalue weighted by Crippen LogP contribution is -2.42. The van der Waals surface area contributed by atoms with E-state index in [0.717, 1.165) is 19.3 Å². The number of hydrogen-bond acceptors (Lipinski definition) is 3. The van der Waals surface area contributed by atoms with Crippen molar-refractivity contribution in [1.29, 1.82) is 5.41 Å². The molecule has 4 nitrogen and oxygen atoms in total. The molecule has 0 amide bonds. The molecule has 3 N–H and O–H groups in total. The Bertz CT molecular complexity index is 177. The molecule has 0 aromatic heterocycles. The van der Waals surface area contributed by atoms with Crippen molar-refractivity contribution in [3.63, 3.8) is 0 Å². The molecule has 0 aromatic carbocycles. The number of nitroso groups, excluding NO2 is 1. The lowest BCUT2D eigenvalue weighted by molar-refractivity contribution is 0.377. The van der Waals surface area contributed by atoms with Crippen molar-refractivity contribution in [3.05, 3.63) is 4.91 Å². The third-order valence-corrected chi connectivity index (χ3v) is 2.36. The molecule has 1 saturated carbocycles. The molecule has 0 radical (unpaired) electrons. The van der Waals surface area contributed by atoms with Crippen molar-refractivity contribution >= 4 is 18.2 Å². The minimum atomic E-state index is -0.849. The van der Waals surface area contributed by atoms with Crippen molar-refractivity contribution in [1.82, 2.24) is 0 Å². The first-order valence-corrected chi connectivity index (χ1v) is 3.90. The summed E-state index contributed by atoms with van der Waals surface area (Å²) in [6, 6.07) is 0. The quantitative estimate of drug-likeness (QED) is 0.397. The Balaban J connectivity index is 0.00000121. The Morgan fingerprint density at radius 2 is 1.83 bits per heavy atom. The maximum atomic E-state index is 10.5. The van der Waals surface area contributed by atoms with Crippen LogP contribution in [0.4, 0.5) is 0 Å². The molecule has 1 aliphatic carbocycles. The zero-order chi connectivity index (χ0) is 8.32. The molecule has 0 heterocycles. The Labute approximate surface area is 77.8 Å². The fourth-order valence-corrected chi connectivity index (χ4v) is 1.55. The molecule has 0 aromatic rings. The average Bonchev–Trinajstić information content (AvgIpc) is 2.05. The van der Waals surface area contributed by atoms with Gasteiger partial charge in [-0.05, 0) is 12.8 Å². The van der Waals surface area contributed by atoms with Gasteiger partial charge in [0, 0.05) is 0 Å². The van der Waals surface area contributed by atoms with Gasteiger partial charge in [-0.1, -0.05) is 24.4 Å². The highest BCUT2D eigenvalue weighted by Gasteiger charge is 2.36. The first-order valence-electron chi connectivity index (χ1n) is 3.90. The highest BCUT2D eigenvalue weighted by Crippen LogP contribution is 2.31. The van der Waals surface area contributed by atoms with Gasteiger partial charge in [-0.15, -0.1) is 17.3 Å². The van der Waals surface area contributed by atoms with Crippen LogP contribution in [0.2, 0.25) is 0 Å². The fourth-order valence-electron chi connectivity index (χ4n) is 1.55. The van der Waals surface area contributed by atoms with E-state index in [4.69, 9.17) is 11.1 Å². The molecule has 1 rings (SSSR count). The highest BCUT2D eigenvalue weighted by atomic mass is 35.5. The molecule has 5 heteroatoms. The van der Waals surface area contributed by atoms with E-state index in [2.05, 4.69) is 5.18 Å². The molecule has 12 heavy (non-hydrogen) atoms. The number of hydrogen-bond donors (Lipinski definition) is 2. The van der Waals surface area contributed by atoms with Gasteiger partial charge >= 0.3 is 0 Å². The minimum Gasteiger partial charge on any atom is -0.385 e. The Kier molecular flexibility index (Phi) is 4.17. The molecule has 0 spiro atoms. The molecule has 1 fully saturated rings. The van der Waals surface area contributed by atoms with E-state index in [1.807, 2.05) is 0 Å². The summed E-state index contributed by atoms with van der Waals surface area (Å²) in [5.41, 5.74) is 4.45. The summed E-state index contributed by atoms with van der Waals surface area (Å²) in [4.78, 5) is 10.5. The summed E-state index contributed by atoms with van der Waals surface area (Å²) in [7, 11) is 0. The number of halogens is 1. The fraction of sp³-hybridized carbons (Fsp3) is 0.857. The molecule has 0 bridgehead atoms. The smallest absolute Gasteiger partial charge is 0.159 e. The van der Waals surface area contributed by atoms with Gasteiger partial charge in [0.15, 0.2) is 5.54 Å². The summed E-state index contributed by atoms with van der Waals surface area (Å²) in [5, 5.41) is 10.2. The van der Waals surface area contributed by atoms with Gasteiger partial charge in [0.05, 0.1) is 0 Å². The van der Waals surface area contributed by atoms with Crippen LogP contribution in [-0.2, 0) is 0 Å². The van der Waals surface area contributed by atoms with E-state index in [-0.39, 0.29) is 18.2 Å². The summed E-state index contributed by atoms with van der Waals surface area (Å²) >= 11 is 0. The first-order chi connectivity index (χ1) is 5.21. The number of nitrogens with two attached hydrogens (primary N) is 1. The molecule has 0 atom stereocenters. The van der Waals surface area contributed by atoms with E-state index >= 15 is 0 Å². The summed E-state index contributed by atoms with van der Waals surface area (Å²) < 4.78 is 0. The lowest BCUT2D eigenvalue weighted by atomic mass is 9.82. The van der Waals surface area contributed by atoms with E-state index in [9.17, 15) is 4.91 Å². The number of rotatable bonds is 2. The molecular weight excluding hydrogens is 178 g/mol. The Hall–Kier alpha value is -0.640. The average molecular weight is 192 g/mol. The number of nitrogens with one attached hydrogen (secondary N) is 1. The van der Waals surface area contributed by atoms with Gasteiger partial charge in [0.1, 0.15) is 5.84 Å². The van der Waals surface area contributed by atoms with Crippen LogP contribution < -0.4 is 5.73 Å². The maximum absolute atomic E-state index is 10.5. The van der Waals surface area contributed by atoms with Gasteiger partial charge in [-0.25, -0.2) is 0 Å². The molecular formula is C7H14ClN3O. The minimum absolute atomic E-state index is 0. The zero-order valence-electron chi connectivity index (χ0n) is 6.88. The SMILES string of the molecule is Cl.N=C(N)C1(N=O)CCCCC1. The van der Waals surface area contributed by atoms with Gasteiger partial charge < -0.3 is 5.73 Å². The molecule has 0 aliphatic heterocycles. The van der Waals surface area contributed by atoms with Crippen LogP contribution in [0.25, 0.3) is 0 Å². The van der Waals surface area contributed by atoms with Crippen molar-refractivity contribution < 1.29 is 0 Å². The molecule has 0 unspecified atom stereocenters. The van der Waals surface area contributed by atoms with Crippen LogP contribution in [0.15, 0.2) is 5.18 Å². The monoisotopic (exact) mass is 191 g/mol. The Morgan fingerprint density at radius 3 is 2.08 bits per heavy atom. The zero-order valence-corrected chi connectivity index (χ0v) is 7.69. The first kappa shape index (κ1) is 11.4. The molecule has 70 valence electrons. The van der Waals surface area contributed by atoms with E-state index in [0.29, 0.717) is 12.8 Å². The van der Waals surface area contributed by atoms with Gasteiger partial charge in [-0.2, -0.15) is 0 Å². The normalized spacial score (nSPS) is 20.7. The second-order valence-corrected chi connectivity index (χ2v) is 3.10. The van der Waals surface area contributed by atoms with Gasteiger partial charge in [-0.3, -0.25) is 5.41 Å². The maximum Gasteiger partial charge on any atom is 0.159 e. The third kappa shape index (κ3) is 1.94. The van der Waals surface area contributed by atoms with Crippen molar-refractivity contribution in [2.75, 3.05) is 0 Å². The highest BCUT2D eigenvalue weighted by molar-refractivity contribution is 5.87. The van der Waals surface area contributed by atoms with Crippen LogP contribution >= 0.6 is 12.4 Å². The van der Waals surface area contributed by atoms with E-state index < -0.39 is 5.54 Å². The van der Waals surface area contributed by atoms with Crippen LogP contribution in [0.3, 0.4) is 0 Å². The van der Waals surface area contributed by atoms with Crippen LogP contribution in [-0.4, -0.2) is 11.4 Å². The topological polar surface area (TPSA) is 79.3 Å². The molecule has 0 saturated heterocycles. The van der Waals surface area contributed by atoms with E-state index in [1.54, 1.807) is 0 Å². The van der Waals surface area contributed by atoms with E-state index in [1.165, 1.54) is 0 Å². The summed E-state index contributed by atoms with van der Waals surface area (Å²) in [6.45, 7) is 0. The summed E-state index contributed by atoms with van der Waals surface area (Å²) in [6.07, 6.45) is 4.37. The summed E-state index contributed by atoms with van der Waals surface area (Å²) in [5.74, 6) is -0.0628. The number of nitrogens with zero attached hydrogens (tertiary/aromatic N) is 1. The van der Waals surface area contributed by atoms with Gasteiger partial charge in [0.25, 0.3) is 0 Å². The van der Waals surface area contributed by atoms with Crippen molar-refractivity contribution in [2.45, 2.75) is 37.6 Å². The number of amidine groups is 1. The van der Waals surface area contributed by atoms with Gasteiger partial charge in [0.2, 0.25) is 0 Å². The van der Waals surface area contributed by atoms with Crippen molar-refractivity contribution in [3.8, 4) is 0 Å².